The van der Waals surface area contributed by atoms with Crippen LogP contribution in [0.5, 0.6) is 0 Å². The average molecular weight is 358 g/mol. The van der Waals surface area contributed by atoms with Gasteiger partial charge in [-0.2, -0.15) is 0 Å². The van der Waals surface area contributed by atoms with Crippen LogP contribution in [0.1, 0.15) is 37.8 Å². The third kappa shape index (κ3) is 5.59. The molecule has 0 spiro atoms. The Hall–Kier alpha value is -3.30. The molecule has 0 bridgehead atoms. The number of ether oxygens (including phenoxy) is 1. The highest BCUT2D eigenvalue weighted by Gasteiger charge is 2.43. The van der Waals surface area contributed by atoms with Crippen molar-refractivity contribution in [3.63, 3.8) is 0 Å². The second-order valence-electron chi connectivity index (χ2n) is 6.05. The number of Topliss-reactive ketones (excluding diaryl/α,β-unsaturated/α-hetero) is 1. The zero-order valence-electron chi connectivity index (χ0n) is 15.6. The van der Waals surface area contributed by atoms with Crippen LogP contribution in [0.15, 0.2) is 60.7 Å². The molecule has 0 aliphatic carbocycles. The van der Waals surface area contributed by atoms with Crippen LogP contribution >= 0.6 is 0 Å². The van der Waals surface area contributed by atoms with Crippen LogP contribution in [0, 0.1) is 29.1 Å². The summed E-state index contributed by atoms with van der Waals surface area (Å²) >= 11 is 0. The Bertz CT molecular complexity index is 831. The number of ketones is 1. The van der Waals surface area contributed by atoms with Crippen molar-refractivity contribution < 1.29 is 14.3 Å². The minimum Gasteiger partial charge on any atom is -0.465 e. The summed E-state index contributed by atoms with van der Waals surface area (Å²) in [5, 5.41) is 0. The number of carbonyl (C=O) groups is 2. The molecule has 0 aliphatic heterocycles. The van der Waals surface area contributed by atoms with Gasteiger partial charge in [0.25, 0.3) is 0 Å². The van der Waals surface area contributed by atoms with E-state index in [-0.39, 0.29) is 25.2 Å². The van der Waals surface area contributed by atoms with Crippen molar-refractivity contribution in [2.45, 2.75) is 26.7 Å². The van der Waals surface area contributed by atoms with Gasteiger partial charge in [0.2, 0.25) is 0 Å². The fraction of sp³-hybridized carbons (Fsp3) is 0.250. The van der Waals surface area contributed by atoms with Gasteiger partial charge in [0.05, 0.1) is 6.61 Å². The summed E-state index contributed by atoms with van der Waals surface area (Å²) in [4.78, 5) is 25.0. The van der Waals surface area contributed by atoms with Gasteiger partial charge in [-0.3, -0.25) is 9.59 Å². The van der Waals surface area contributed by atoms with Crippen molar-refractivity contribution >= 4 is 11.8 Å². The van der Waals surface area contributed by atoms with Gasteiger partial charge in [0, 0.05) is 24.0 Å². The Morgan fingerprint density at radius 3 is 1.67 bits per heavy atom. The van der Waals surface area contributed by atoms with Gasteiger partial charge in [0.1, 0.15) is 11.2 Å². The summed E-state index contributed by atoms with van der Waals surface area (Å²) in [6, 6.07) is 18.9. The fourth-order valence-corrected chi connectivity index (χ4v) is 2.51. The Kier molecular flexibility index (Phi) is 7.41. The highest BCUT2D eigenvalue weighted by molar-refractivity contribution is 6.03. The molecule has 3 heteroatoms. The van der Waals surface area contributed by atoms with Gasteiger partial charge in [-0.1, -0.05) is 60.1 Å². The Morgan fingerprint density at radius 2 is 1.30 bits per heavy atom. The first-order valence-corrected chi connectivity index (χ1v) is 8.84. The van der Waals surface area contributed by atoms with Crippen LogP contribution in [-0.2, 0) is 14.3 Å². The van der Waals surface area contributed by atoms with Crippen LogP contribution in [0.3, 0.4) is 0 Å². The van der Waals surface area contributed by atoms with Crippen molar-refractivity contribution in [2.75, 3.05) is 6.61 Å². The number of benzene rings is 2. The van der Waals surface area contributed by atoms with Crippen molar-refractivity contribution in [1.29, 1.82) is 0 Å². The molecule has 3 nitrogen and oxygen atoms in total. The smallest absolute Gasteiger partial charge is 0.321 e. The number of hydrogen-bond acceptors (Lipinski definition) is 3. The van der Waals surface area contributed by atoms with Crippen molar-refractivity contribution in [3.8, 4) is 23.7 Å². The molecule has 0 atom stereocenters. The lowest BCUT2D eigenvalue weighted by Gasteiger charge is -2.24. The summed E-state index contributed by atoms with van der Waals surface area (Å²) in [6.45, 7) is 3.31. The summed E-state index contributed by atoms with van der Waals surface area (Å²) in [5.41, 5.74) is 0.280. The minimum atomic E-state index is -1.38. The van der Waals surface area contributed by atoms with Crippen LogP contribution in [0.25, 0.3) is 0 Å². The predicted octanol–water partition coefficient (Wildman–Crippen LogP) is 4.01. The van der Waals surface area contributed by atoms with E-state index in [1.807, 2.05) is 60.7 Å². The quantitative estimate of drug-likeness (QED) is 0.461. The largest absolute Gasteiger partial charge is 0.465 e. The van der Waals surface area contributed by atoms with E-state index < -0.39 is 11.4 Å². The first-order valence-electron chi connectivity index (χ1n) is 8.84. The summed E-state index contributed by atoms with van der Waals surface area (Å²) in [6.07, 6.45) is 0.138. The van der Waals surface area contributed by atoms with E-state index in [4.69, 9.17) is 4.74 Å². The van der Waals surface area contributed by atoms with Gasteiger partial charge in [-0.25, -0.2) is 0 Å². The first kappa shape index (κ1) is 20.0. The van der Waals surface area contributed by atoms with E-state index in [1.165, 1.54) is 6.92 Å². The highest BCUT2D eigenvalue weighted by Crippen LogP contribution is 2.29. The van der Waals surface area contributed by atoms with Gasteiger partial charge >= 0.3 is 5.97 Å². The Labute approximate surface area is 160 Å². The van der Waals surface area contributed by atoms with Crippen LogP contribution in [0.4, 0.5) is 0 Å². The fourth-order valence-electron chi connectivity index (χ4n) is 2.51. The molecule has 27 heavy (non-hydrogen) atoms. The highest BCUT2D eigenvalue weighted by atomic mass is 16.5. The number of esters is 1. The zero-order chi connectivity index (χ0) is 19.5. The van der Waals surface area contributed by atoms with Crippen molar-refractivity contribution in [3.05, 3.63) is 71.8 Å². The van der Waals surface area contributed by atoms with Crippen LogP contribution in [0.2, 0.25) is 0 Å². The molecule has 0 saturated carbocycles. The van der Waals surface area contributed by atoms with E-state index in [0.717, 1.165) is 11.1 Å². The average Bonchev–Trinajstić information content (AvgIpc) is 2.68. The summed E-state index contributed by atoms with van der Waals surface area (Å²) < 4.78 is 5.18. The molecule has 0 fully saturated rings. The molecule has 0 aromatic heterocycles. The van der Waals surface area contributed by atoms with Crippen LogP contribution in [-0.4, -0.2) is 18.4 Å². The summed E-state index contributed by atoms with van der Waals surface area (Å²) in [5.74, 6) is 11.1. The minimum absolute atomic E-state index is 0.0690. The van der Waals surface area contributed by atoms with Crippen molar-refractivity contribution in [2.24, 2.45) is 5.41 Å². The molecule has 136 valence electrons. The topological polar surface area (TPSA) is 43.4 Å². The molecule has 0 amide bonds. The number of rotatable bonds is 5. The molecule has 0 heterocycles. The normalized spacial score (nSPS) is 10.0. The molecule has 0 saturated heterocycles. The lowest BCUT2D eigenvalue weighted by molar-refractivity contribution is -0.159. The van der Waals surface area contributed by atoms with E-state index in [1.54, 1.807) is 6.92 Å². The van der Waals surface area contributed by atoms with Gasteiger partial charge < -0.3 is 4.74 Å². The maximum atomic E-state index is 12.6. The zero-order valence-corrected chi connectivity index (χ0v) is 15.6. The monoisotopic (exact) mass is 358 g/mol. The lowest BCUT2D eigenvalue weighted by Crippen LogP contribution is -2.39. The molecule has 2 aromatic rings. The molecule has 0 N–H and O–H groups in total. The number of carbonyl (C=O) groups excluding carboxylic acids is 2. The maximum Gasteiger partial charge on any atom is 0.321 e. The first-order chi connectivity index (χ1) is 13.1. The van der Waals surface area contributed by atoms with E-state index in [2.05, 4.69) is 23.7 Å². The standard InChI is InChI=1S/C24H22O3/c1-3-27-23(26)24(20(2)25,18-10-16-21-12-6-4-7-13-21)19-11-17-22-14-8-5-9-15-22/h4-9,12-15H,3,18-19H2,1-2H3. The van der Waals surface area contributed by atoms with Crippen molar-refractivity contribution in [1.82, 2.24) is 0 Å². The third-order valence-electron chi connectivity index (χ3n) is 4.13. The molecular formula is C24H22O3. The van der Waals surface area contributed by atoms with Gasteiger partial charge in [-0.15, -0.1) is 0 Å². The van der Waals surface area contributed by atoms with E-state index in [9.17, 15) is 9.59 Å². The van der Waals surface area contributed by atoms with Crippen LogP contribution < -0.4 is 0 Å². The molecule has 2 aromatic carbocycles. The maximum absolute atomic E-state index is 12.6. The second-order valence-corrected chi connectivity index (χ2v) is 6.05. The second kappa shape index (κ2) is 10.00. The van der Waals surface area contributed by atoms with E-state index in [0.29, 0.717) is 0 Å². The lowest BCUT2D eigenvalue weighted by atomic mass is 9.78. The molecular weight excluding hydrogens is 336 g/mol. The van der Waals surface area contributed by atoms with Gasteiger partial charge in [-0.05, 0) is 38.1 Å². The molecule has 0 unspecified atom stereocenters. The molecule has 0 radical (unpaired) electrons. The number of hydrogen-bond donors (Lipinski definition) is 0. The summed E-state index contributed by atoms with van der Waals surface area (Å²) in [7, 11) is 0. The Morgan fingerprint density at radius 1 is 0.852 bits per heavy atom. The third-order valence-corrected chi connectivity index (χ3v) is 4.13. The van der Waals surface area contributed by atoms with E-state index >= 15 is 0 Å². The van der Waals surface area contributed by atoms with Gasteiger partial charge in [0.15, 0.2) is 0 Å². The molecule has 0 aliphatic rings. The molecule has 2 rings (SSSR count). The predicted molar refractivity (Wildman–Crippen MR) is 106 cm³/mol. The SMILES string of the molecule is CCOC(=O)C(CC#Cc1ccccc1)(CC#Cc1ccccc1)C(C)=O. The Balaban J connectivity index is 2.29.